The van der Waals surface area contributed by atoms with Gasteiger partial charge in [0.2, 0.25) is 5.91 Å². The number of nitrogens with one attached hydrogen (secondary N) is 2. The van der Waals surface area contributed by atoms with Crippen LogP contribution in [-0.4, -0.2) is 24.0 Å². The minimum atomic E-state index is -0.318. The Morgan fingerprint density at radius 1 is 1.37 bits per heavy atom. The third-order valence-electron chi connectivity index (χ3n) is 3.72. The van der Waals surface area contributed by atoms with Crippen molar-refractivity contribution in [3.8, 4) is 0 Å². The Kier molecular flexibility index (Phi) is 4.53. The maximum Gasteiger partial charge on any atom is 0.224 e. The van der Waals surface area contributed by atoms with Crippen LogP contribution in [-0.2, 0) is 11.2 Å². The maximum atomic E-state index is 13.5. The van der Waals surface area contributed by atoms with Gasteiger partial charge >= 0.3 is 0 Å². The second-order valence-corrected chi connectivity index (χ2v) is 5.38. The van der Waals surface area contributed by atoms with Gasteiger partial charge in [-0.1, -0.05) is 18.2 Å². The van der Waals surface area contributed by atoms with Crippen molar-refractivity contribution in [1.82, 2.24) is 10.6 Å². The van der Waals surface area contributed by atoms with E-state index in [-0.39, 0.29) is 30.2 Å². The normalized spacial score (nSPS) is 27.0. The summed E-state index contributed by atoms with van der Waals surface area (Å²) in [5.41, 5.74) is 0.449. The van der Waals surface area contributed by atoms with Gasteiger partial charge in [-0.05, 0) is 38.3 Å². The van der Waals surface area contributed by atoms with Gasteiger partial charge in [0.05, 0.1) is 6.42 Å². The molecule has 3 unspecified atom stereocenters. The molecule has 1 aromatic rings. The van der Waals surface area contributed by atoms with E-state index in [0.29, 0.717) is 11.6 Å². The number of halogens is 1. The fourth-order valence-electron chi connectivity index (χ4n) is 2.60. The molecule has 0 aliphatic carbocycles. The first-order valence-electron chi connectivity index (χ1n) is 6.85. The van der Waals surface area contributed by atoms with Crippen LogP contribution in [0.2, 0.25) is 0 Å². The highest BCUT2D eigenvalue weighted by atomic mass is 19.1. The molecule has 0 bridgehead atoms. The molecule has 1 aromatic carbocycles. The van der Waals surface area contributed by atoms with Gasteiger partial charge < -0.3 is 10.6 Å². The summed E-state index contributed by atoms with van der Waals surface area (Å²) in [6, 6.07) is 7.30. The summed E-state index contributed by atoms with van der Waals surface area (Å²) in [6.07, 6.45) is 2.12. The maximum absolute atomic E-state index is 13.5. The van der Waals surface area contributed by atoms with Crippen molar-refractivity contribution in [3.63, 3.8) is 0 Å². The lowest BCUT2D eigenvalue weighted by Crippen LogP contribution is -2.55. The minimum Gasteiger partial charge on any atom is -0.352 e. The molecule has 1 heterocycles. The average Bonchev–Trinajstić information content (AvgIpc) is 2.36. The zero-order valence-electron chi connectivity index (χ0n) is 11.4. The van der Waals surface area contributed by atoms with Crippen LogP contribution in [0.1, 0.15) is 32.3 Å². The van der Waals surface area contributed by atoms with Crippen molar-refractivity contribution >= 4 is 5.91 Å². The standard InChI is InChI=1S/C15H21FN2O/c1-10-7-8-14(11(2)17-10)18-15(19)9-12-5-3-4-6-13(12)16/h3-6,10-11,14,17H,7-9H2,1-2H3,(H,18,19). The van der Waals surface area contributed by atoms with Crippen LogP contribution in [0.25, 0.3) is 0 Å². The Morgan fingerprint density at radius 3 is 2.79 bits per heavy atom. The summed E-state index contributed by atoms with van der Waals surface area (Å²) in [7, 11) is 0. The van der Waals surface area contributed by atoms with Gasteiger partial charge in [0.15, 0.2) is 0 Å². The van der Waals surface area contributed by atoms with E-state index in [9.17, 15) is 9.18 Å². The number of amides is 1. The smallest absolute Gasteiger partial charge is 0.224 e. The van der Waals surface area contributed by atoms with Crippen LogP contribution in [0.3, 0.4) is 0 Å². The molecule has 1 fully saturated rings. The second-order valence-electron chi connectivity index (χ2n) is 5.38. The summed E-state index contributed by atoms with van der Waals surface area (Å²) in [5, 5.41) is 6.42. The fourth-order valence-corrected chi connectivity index (χ4v) is 2.60. The van der Waals surface area contributed by atoms with Gasteiger partial charge in [-0.3, -0.25) is 4.79 Å². The lowest BCUT2D eigenvalue weighted by molar-refractivity contribution is -0.121. The number of carbonyl (C=O) groups excluding carboxylic acids is 1. The molecule has 1 saturated heterocycles. The van der Waals surface area contributed by atoms with E-state index >= 15 is 0 Å². The highest BCUT2D eigenvalue weighted by Gasteiger charge is 2.25. The SMILES string of the molecule is CC1CCC(NC(=O)Cc2ccccc2F)C(C)N1. The lowest BCUT2D eigenvalue weighted by atomic mass is 9.95. The second kappa shape index (κ2) is 6.15. The Bertz CT molecular complexity index is 450. The summed E-state index contributed by atoms with van der Waals surface area (Å²) in [4.78, 5) is 12.0. The minimum absolute atomic E-state index is 0.103. The first-order chi connectivity index (χ1) is 9.06. The van der Waals surface area contributed by atoms with Crippen molar-refractivity contribution < 1.29 is 9.18 Å². The van der Waals surface area contributed by atoms with Gasteiger partial charge in [0.25, 0.3) is 0 Å². The third kappa shape index (κ3) is 3.77. The van der Waals surface area contributed by atoms with Crippen molar-refractivity contribution in [1.29, 1.82) is 0 Å². The zero-order valence-corrected chi connectivity index (χ0v) is 11.4. The van der Waals surface area contributed by atoms with Crippen molar-refractivity contribution in [2.45, 2.75) is 51.2 Å². The van der Waals surface area contributed by atoms with Crippen LogP contribution >= 0.6 is 0 Å². The third-order valence-corrected chi connectivity index (χ3v) is 3.72. The molecule has 3 nitrogen and oxygen atoms in total. The van der Waals surface area contributed by atoms with Crippen LogP contribution in [0.15, 0.2) is 24.3 Å². The Labute approximate surface area is 113 Å². The molecular weight excluding hydrogens is 243 g/mol. The highest BCUT2D eigenvalue weighted by molar-refractivity contribution is 5.79. The highest BCUT2D eigenvalue weighted by Crippen LogP contribution is 2.14. The molecule has 4 heteroatoms. The van der Waals surface area contributed by atoms with Crippen LogP contribution < -0.4 is 10.6 Å². The number of benzene rings is 1. The Hall–Kier alpha value is -1.42. The van der Waals surface area contributed by atoms with Gasteiger partial charge in [-0.25, -0.2) is 4.39 Å². The summed E-state index contributed by atoms with van der Waals surface area (Å²) in [5.74, 6) is -0.431. The van der Waals surface area contributed by atoms with Crippen LogP contribution in [0.4, 0.5) is 4.39 Å². The first-order valence-corrected chi connectivity index (χ1v) is 6.85. The molecule has 1 aliphatic rings. The molecule has 0 radical (unpaired) electrons. The fraction of sp³-hybridized carbons (Fsp3) is 0.533. The number of rotatable bonds is 3. The molecular formula is C15H21FN2O. The van der Waals surface area contributed by atoms with E-state index < -0.39 is 0 Å². The summed E-state index contributed by atoms with van der Waals surface area (Å²) in [6.45, 7) is 4.22. The van der Waals surface area contributed by atoms with Gasteiger partial charge in [0, 0.05) is 18.1 Å². The van der Waals surface area contributed by atoms with E-state index in [1.807, 2.05) is 0 Å². The first kappa shape index (κ1) is 14.0. The molecule has 19 heavy (non-hydrogen) atoms. The van der Waals surface area contributed by atoms with Gasteiger partial charge in [-0.2, -0.15) is 0 Å². The zero-order chi connectivity index (χ0) is 13.8. The topological polar surface area (TPSA) is 41.1 Å². The number of piperidine rings is 1. The quantitative estimate of drug-likeness (QED) is 0.877. The molecule has 104 valence electrons. The molecule has 1 aliphatic heterocycles. The monoisotopic (exact) mass is 264 g/mol. The van der Waals surface area contributed by atoms with Crippen molar-refractivity contribution in [2.24, 2.45) is 0 Å². The number of hydrogen-bond acceptors (Lipinski definition) is 2. The number of carbonyl (C=O) groups is 1. The average molecular weight is 264 g/mol. The predicted molar refractivity (Wildman–Crippen MR) is 73.3 cm³/mol. The Balaban J connectivity index is 1.90. The molecule has 0 spiro atoms. The largest absolute Gasteiger partial charge is 0.352 e. The van der Waals surface area contributed by atoms with Crippen LogP contribution in [0, 0.1) is 5.82 Å². The Morgan fingerprint density at radius 2 is 2.11 bits per heavy atom. The lowest BCUT2D eigenvalue weighted by Gasteiger charge is -2.34. The van der Waals surface area contributed by atoms with Crippen molar-refractivity contribution in [2.75, 3.05) is 0 Å². The molecule has 1 amide bonds. The van der Waals surface area contributed by atoms with Gasteiger partial charge in [-0.15, -0.1) is 0 Å². The molecule has 0 saturated carbocycles. The number of hydrogen-bond donors (Lipinski definition) is 2. The van der Waals surface area contributed by atoms with Crippen molar-refractivity contribution in [3.05, 3.63) is 35.6 Å². The van der Waals surface area contributed by atoms with E-state index in [1.54, 1.807) is 18.2 Å². The molecule has 2 rings (SSSR count). The molecule has 2 N–H and O–H groups in total. The summed E-state index contributed by atoms with van der Waals surface area (Å²) < 4.78 is 13.5. The van der Waals surface area contributed by atoms with E-state index in [1.165, 1.54) is 6.07 Å². The van der Waals surface area contributed by atoms with E-state index in [4.69, 9.17) is 0 Å². The predicted octanol–water partition coefficient (Wildman–Crippen LogP) is 2.01. The van der Waals surface area contributed by atoms with Crippen LogP contribution in [0.5, 0.6) is 0 Å². The summed E-state index contributed by atoms with van der Waals surface area (Å²) >= 11 is 0. The van der Waals surface area contributed by atoms with Gasteiger partial charge in [0.1, 0.15) is 5.82 Å². The molecule has 3 atom stereocenters. The van der Waals surface area contributed by atoms with E-state index in [2.05, 4.69) is 24.5 Å². The van der Waals surface area contributed by atoms with E-state index in [0.717, 1.165) is 12.8 Å². The molecule has 0 aromatic heterocycles.